The summed E-state index contributed by atoms with van der Waals surface area (Å²) in [7, 11) is 0.470. The Hall–Kier alpha value is 0.360. The lowest BCUT2D eigenvalue weighted by molar-refractivity contribution is -0.118. The van der Waals surface area contributed by atoms with Crippen molar-refractivity contribution in [1.29, 1.82) is 0 Å². The van der Waals surface area contributed by atoms with Crippen LogP contribution in [0.3, 0.4) is 0 Å². The van der Waals surface area contributed by atoms with E-state index in [9.17, 15) is 19.4 Å². The highest BCUT2D eigenvalue weighted by Gasteiger charge is 2.39. The molecule has 0 aromatic carbocycles. The van der Waals surface area contributed by atoms with Crippen molar-refractivity contribution < 1.29 is 33.1 Å². The highest BCUT2D eigenvalue weighted by molar-refractivity contribution is 8.76. The Bertz CT molecular complexity index is 526. The first-order valence-corrected chi connectivity index (χ1v) is 14.0. The molecule has 2 unspecified atom stereocenters. The van der Waals surface area contributed by atoms with E-state index in [1.54, 1.807) is 21.6 Å². The summed E-state index contributed by atoms with van der Waals surface area (Å²) >= 11 is 0. The number of ether oxygens (including phenoxy) is 1. The maximum Gasteiger partial charge on any atom is 0.472 e. The molecule has 4 atom stereocenters. The van der Waals surface area contributed by atoms with E-state index in [4.69, 9.17) is 9.26 Å². The molecule has 0 radical (unpaired) electrons. The van der Waals surface area contributed by atoms with Crippen molar-refractivity contribution in [2.75, 3.05) is 31.8 Å². The molecular weight excluding hydrogens is 437 g/mol. The highest BCUT2D eigenvalue weighted by Crippen LogP contribution is 2.45. The van der Waals surface area contributed by atoms with Gasteiger partial charge in [-0.3, -0.25) is 18.7 Å². The average molecular weight is 474 g/mol. The fourth-order valence-electron chi connectivity index (χ4n) is 2.98. The van der Waals surface area contributed by atoms with Crippen LogP contribution in [-0.4, -0.2) is 76.9 Å². The summed E-state index contributed by atoms with van der Waals surface area (Å²) < 4.78 is 27.1. The first-order chi connectivity index (χ1) is 13.7. The van der Waals surface area contributed by atoms with Crippen LogP contribution in [0, 0.1) is 0 Å². The molecule has 8 nitrogen and oxygen atoms in total. The van der Waals surface area contributed by atoms with E-state index in [0.29, 0.717) is 38.8 Å². The normalized spacial score (nSPS) is 23.4. The molecule has 0 aromatic heterocycles. The van der Waals surface area contributed by atoms with Gasteiger partial charge in [-0.25, -0.2) is 4.57 Å². The van der Waals surface area contributed by atoms with Crippen molar-refractivity contribution in [3.63, 3.8) is 0 Å². The molecule has 0 aromatic rings. The van der Waals surface area contributed by atoms with Gasteiger partial charge in [-0.15, -0.1) is 0 Å². The molecular formula is C18H36NO7PS2. The zero-order valence-electron chi connectivity index (χ0n) is 17.8. The number of hydrogen-bond donors (Lipinski definition) is 2. The Morgan fingerprint density at radius 2 is 2.00 bits per heavy atom. The largest absolute Gasteiger partial charge is 0.472 e. The van der Waals surface area contributed by atoms with Gasteiger partial charge in [0.2, 0.25) is 0 Å². The number of ketones is 1. The summed E-state index contributed by atoms with van der Waals surface area (Å²) in [6, 6.07) is -0.0867. The van der Waals surface area contributed by atoms with Crippen LogP contribution >= 0.6 is 29.4 Å². The number of rotatable bonds is 16. The van der Waals surface area contributed by atoms with Gasteiger partial charge in [0.05, 0.1) is 18.8 Å². The molecule has 1 saturated heterocycles. The number of nitrogens with zero attached hydrogens (tertiary/aromatic N) is 1. The number of likely N-dealkylation sites (tertiary alicyclic amines) is 1. The zero-order chi connectivity index (χ0) is 21.9. The van der Waals surface area contributed by atoms with Gasteiger partial charge in [-0.05, 0) is 33.1 Å². The lowest BCUT2D eigenvalue weighted by Crippen LogP contribution is -2.42. The summed E-state index contributed by atoms with van der Waals surface area (Å²) in [5, 5.41) is 10.7. The first-order valence-electron chi connectivity index (χ1n) is 10.1. The predicted molar refractivity (Wildman–Crippen MR) is 118 cm³/mol. The standard InChI is InChI=1S/C18H36NO7PS2/c1-5-16(20)8-10-29-28-9-6-7-18(21)19-12-17(26-27(22,23)24-4)11-15(19)13-25-14(2)3/h14-15,17-18,21H,5-13H2,1-4H3,(H,22,23)/t15-,17+,18?/m0/s1. The van der Waals surface area contributed by atoms with Gasteiger partial charge in [0.1, 0.15) is 12.0 Å². The van der Waals surface area contributed by atoms with Gasteiger partial charge in [-0.1, -0.05) is 28.5 Å². The summed E-state index contributed by atoms with van der Waals surface area (Å²) in [5.74, 6) is 1.99. The molecule has 29 heavy (non-hydrogen) atoms. The van der Waals surface area contributed by atoms with Crippen molar-refractivity contribution >= 4 is 35.2 Å². The zero-order valence-corrected chi connectivity index (χ0v) is 20.3. The lowest BCUT2D eigenvalue weighted by Gasteiger charge is -2.29. The Morgan fingerprint density at radius 3 is 2.62 bits per heavy atom. The van der Waals surface area contributed by atoms with Gasteiger partial charge in [-0.2, -0.15) is 0 Å². The van der Waals surface area contributed by atoms with Crippen molar-refractivity contribution in [2.45, 2.75) is 77.4 Å². The number of aliphatic hydroxyl groups is 1. The van der Waals surface area contributed by atoms with Crippen LogP contribution < -0.4 is 0 Å². The molecule has 0 amide bonds. The fraction of sp³-hybridized carbons (Fsp3) is 0.944. The second-order valence-electron chi connectivity index (χ2n) is 7.26. The smallest absolute Gasteiger partial charge is 0.378 e. The third-order valence-corrected chi connectivity index (χ3v) is 8.09. The van der Waals surface area contributed by atoms with E-state index >= 15 is 0 Å². The van der Waals surface area contributed by atoms with Crippen molar-refractivity contribution in [3.8, 4) is 0 Å². The van der Waals surface area contributed by atoms with Crippen LogP contribution in [0.1, 0.15) is 52.9 Å². The van der Waals surface area contributed by atoms with Gasteiger partial charge < -0.3 is 14.7 Å². The summed E-state index contributed by atoms with van der Waals surface area (Å²) in [6.45, 7) is 6.54. The maximum absolute atomic E-state index is 11.7. The van der Waals surface area contributed by atoms with Gasteiger partial charge in [0, 0.05) is 44.0 Å². The maximum atomic E-state index is 11.7. The minimum Gasteiger partial charge on any atom is -0.378 e. The van der Waals surface area contributed by atoms with Crippen molar-refractivity contribution in [1.82, 2.24) is 4.90 Å². The topological polar surface area (TPSA) is 106 Å². The van der Waals surface area contributed by atoms with E-state index in [0.717, 1.165) is 25.0 Å². The number of carbonyl (C=O) groups is 1. The molecule has 1 aliphatic rings. The molecule has 0 saturated carbocycles. The molecule has 1 aliphatic heterocycles. The quantitative estimate of drug-likeness (QED) is 0.197. The summed E-state index contributed by atoms with van der Waals surface area (Å²) in [6.07, 6.45) is 2.01. The molecule has 1 heterocycles. The van der Waals surface area contributed by atoms with Crippen LogP contribution in [0.4, 0.5) is 0 Å². The van der Waals surface area contributed by atoms with Crippen LogP contribution in [0.15, 0.2) is 0 Å². The van der Waals surface area contributed by atoms with E-state index in [2.05, 4.69) is 4.52 Å². The Balaban J connectivity index is 2.42. The predicted octanol–water partition coefficient (Wildman–Crippen LogP) is 3.47. The van der Waals surface area contributed by atoms with Gasteiger partial charge in [0.15, 0.2) is 0 Å². The van der Waals surface area contributed by atoms with Gasteiger partial charge >= 0.3 is 7.82 Å². The minimum absolute atomic E-state index is 0.0601. The molecule has 0 aliphatic carbocycles. The number of Topliss-reactive ketones (excluding diaryl/α,β-unsaturated/α-hetero) is 1. The molecule has 11 heteroatoms. The SMILES string of the molecule is CCC(=O)CCSSCCCC(O)N1C[C@H](OP(=O)(O)OC)C[C@H]1COC(C)C. The molecule has 0 spiro atoms. The second-order valence-corrected chi connectivity index (χ2v) is 11.5. The third kappa shape index (κ3) is 11.5. The Labute approximate surface area is 182 Å². The second kappa shape index (κ2) is 14.4. The average Bonchev–Trinajstić information content (AvgIpc) is 3.07. The van der Waals surface area contributed by atoms with Crippen LogP contribution in [0.2, 0.25) is 0 Å². The van der Waals surface area contributed by atoms with E-state index in [-0.39, 0.29) is 17.9 Å². The molecule has 172 valence electrons. The monoisotopic (exact) mass is 473 g/mol. The summed E-state index contributed by atoms with van der Waals surface area (Å²) in [5.41, 5.74) is 0. The van der Waals surface area contributed by atoms with Crippen molar-refractivity contribution in [2.24, 2.45) is 0 Å². The van der Waals surface area contributed by atoms with Crippen LogP contribution in [0.25, 0.3) is 0 Å². The first kappa shape index (κ1) is 27.4. The Kier molecular flexibility index (Phi) is 13.6. The van der Waals surface area contributed by atoms with Gasteiger partial charge in [0.25, 0.3) is 0 Å². The fourth-order valence-corrected chi connectivity index (χ4v) is 5.74. The third-order valence-electron chi connectivity index (χ3n) is 4.57. The summed E-state index contributed by atoms with van der Waals surface area (Å²) in [4.78, 5) is 22.7. The number of phosphoric acid groups is 1. The molecule has 1 rings (SSSR count). The Morgan fingerprint density at radius 1 is 1.31 bits per heavy atom. The van der Waals surface area contributed by atoms with Crippen molar-refractivity contribution in [3.05, 3.63) is 0 Å². The number of phosphoric ester groups is 1. The highest BCUT2D eigenvalue weighted by atomic mass is 33.1. The number of hydrogen-bond acceptors (Lipinski definition) is 9. The minimum atomic E-state index is -4.07. The van der Waals surface area contributed by atoms with Crippen LogP contribution in [-0.2, 0) is 23.1 Å². The lowest BCUT2D eigenvalue weighted by atomic mass is 10.2. The van der Waals surface area contributed by atoms with Crippen LogP contribution in [0.5, 0.6) is 0 Å². The number of aliphatic hydroxyl groups excluding tert-OH is 1. The van der Waals surface area contributed by atoms with E-state index < -0.39 is 20.2 Å². The molecule has 1 fully saturated rings. The van der Waals surface area contributed by atoms with E-state index in [1.165, 1.54) is 0 Å². The number of carbonyl (C=O) groups excluding carboxylic acids is 1. The molecule has 2 N–H and O–H groups in total. The molecule has 0 bridgehead atoms. The van der Waals surface area contributed by atoms with E-state index in [1.807, 2.05) is 25.7 Å².